The van der Waals surface area contributed by atoms with E-state index in [1.54, 1.807) is 4.90 Å². The number of para-hydroxylation sites is 1. The number of rotatable bonds is 7. The number of amides is 1. The van der Waals surface area contributed by atoms with Crippen molar-refractivity contribution in [1.29, 1.82) is 0 Å². The third kappa shape index (κ3) is 5.63. The Labute approximate surface area is 258 Å². The summed E-state index contributed by atoms with van der Waals surface area (Å²) in [6, 6.07) is 34.5. The first kappa shape index (κ1) is 28.6. The third-order valence-electron chi connectivity index (χ3n) is 7.95. The molecule has 43 heavy (non-hydrogen) atoms. The smallest absolute Gasteiger partial charge is 0.266 e. The molecule has 1 fully saturated rings. The second kappa shape index (κ2) is 12.0. The molecular weight excluding hydrogens is 550 g/mol. The van der Waals surface area contributed by atoms with Gasteiger partial charge in [-0.1, -0.05) is 68.4 Å². The van der Waals surface area contributed by atoms with Crippen molar-refractivity contribution in [3.05, 3.63) is 131 Å². The molecule has 0 atom stereocenters. The van der Waals surface area contributed by atoms with Gasteiger partial charge < -0.3 is 9.64 Å². The summed E-state index contributed by atoms with van der Waals surface area (Å²) < 4.78 is 5.91. The third-order valence-corrected chi connectivity index (χ3v) is 8.98. The number of carbonyl (C=O) groups is 1. The average Bonchev–Trinajstić information content (AvgIpc) is 3.45. The molecule has 4 aromatic carbocycles. The Morgan fingerprint density at radius 3 is 2.09 bits per heavy atom. The van der Waals surface area contributed by atoms with Gasteiger partial charge in [0, 0.05) is 29.9 Å². The Hall–Kier alpha value is -4.55. The summed E-state index contributed by atoms with van der Waals surface area (Å²) >= 11 is 1.42. The van der Waals surface area contributed by atoms with Crippen LogP contribution in [0.25, 0.3) is 11.1 Å². The van der Waals surface area contributed by atoms with E-state index >= 15 is 0 Å². The number of allylic oxidation sites excluding steroid dienone is 3. The Morgan fingerprint density at radius 2 is 1.42 bits per heavy atom. The molecule has 1 saturated heterocycles. The van der Waals surface area contributed by atoms with Crippen LogP contribution in [-0.4, -0.2) is 29.1 Å². The number of ether oxygens (including phenoxy) is 1. The van der Waals surface area contributed by atoms with E-state index < -0.39 is 0 Å². The van der Waals surface area contributed by atoms with Gasteiger partial charge in [-0.05, 0) is 103 Å². The molecule has 6 heteroatoms. The van der Waals surface area contributed by atoms with Crippen molar-refractivity contribution in [2.24, 2.45) is 4.99 Å². The fraction of sp³-hybridized carbons (Fsp3) is 0.189. The molecule has 0 radical (unpaired) electrons. The number of aliphatic imine (C=N–C) groups is 1. The molecule has 0 saturated carbocycles. The van der Waals surface area contributed by atoms with Crippen molar-refractivity contribution < 1.29 is 9.53 Å². The minimum atomic E-state index is -0.218. The van der Waals surface area contributed by atoms with Gasteiger partial charge in [-0.15, -0.1) is 0 Å². The van der Waals surface area contributed by atoms with E-state index in [1.165, 1.54) is 39.8 Å². The molecule has 0 aromatic heterocycles. The fourth-order valence-electron chi connectivity index (χ4n) is 5.69. The summed E-state index contributed by atoms with van der Waals surface area (Å²) in [6.07, 6.45) is 4.09. The van der Waals surface area contributed by atoms with Gasteiger partial charge in [-0.2, -0.15) is 0 Å². The van der Waals surface area contributed by atoms with Crippen molar-refractivity contribution in [1.82, 2.24) is 4.90 Å². The zero-order valence-corrected chi connectivity index (χ0v) is 25.8. The fourth-order valence-corrected chi connectivity index (χ4v) is 6.69. The van der Waals surface area contributed by atoms with Gasteiger partial charge in [0.15, 0.2) is 5.17 Å². The van der Waals surface area contributed by atoms with E-state index in [0.717, 1.165) is 23.7 Å². The number of benzene rings is 4. The second-order valence-corrected chi connectivity index (χ2v) is 12.0. The molecule has 4 aromatic rings. The van der Waals surface area contributed by atoms with Crippen LogP contribution in [0.2, 0.25) is 0 Å². The molecule has 216 valence electrons. The lowest BCUT2D eigenvalue weighted by Gasteiger charge is -2.25. The molecule has 0 unspecified atom stereocenters. The van der Waals surface area contributed by atoms with Gasteiger partial charge in [0.25, 0.3) is 5.91 Å². The molecular formula is C37H35N3O2S. The first-order valence-corrected chi connectivity index (χ1v) is 15.5. The predicted octanol–water partition coefficient (Wildman–Crippen LogP) is 9.31. The molecule has 5 nitrogen and oxygen atoms in total. The maximum absolute atomic E-state index is 13.4. The average molecular weight is 586 g/mol. The largest absolute Gasteiger partial charge is 0.457 e. The Bertz CT molecular complexity index is 1730. The van der Waals surface area contributed by atoms with Crippen LogP contribution >= 0.6 is 11.8 Å². The highest BCUT2D eigenvalue weighted by Crippen LogP contribution is 2.49. The Morgan fingerprint density at radius 1 is 0.767 bits per heavy atom. The maximum atomic E-state index is 13.4. The Balaban J connectivity index is 1.26. The zero-order chi connectivity index (χ0) is 30.0. The van der Waals surface area contributed by atoms with Gasteiger partial charge in [0.05, 0.1) is 10.6 Å². The second-order valence-electron chi connectivity index (χ2n) is 11.0. The summed E-state index contributed by atoms with van der Waals surface area (Å²) in [5.74, 6) is 1.50. The summed E-state index contributed by atoms with van der Waals surface area (Å²) in [6.45, 7) is 10.1. The number of fused-ring (bicyclic) bond motifs is 1. The summed E-state index contributed by atoms with van der Waals surface area (Å²) in [4.78, 5) is 23.0. The first-order chi connectivity index (χ1) is 20.9. The van der Waals surface area contributed by atoms with Crippen molar-refractivity contribution in [3.63, 3.8) is 0 Å². The number of likely N-dealkylation sites (N-methyl/N-ethyl adjacent to an activating group) is 2. The summed E-state index contributed by atoms with van der Waals surface area (Å²) in [5, 5.41) is 0.683. The molecule has 0 spiro atoms. The topological polar surface area (TPSA) is 45.1 Å². The normalized spacial score (nSPS) is 18.6. The van der Waals surface area contributed by atoms with Gasteiger partial charge in [0.2, 0.25) is 0 Å². The van der Waals surface area contributed by atoms with E-state index in [9.17, 15) is 4.79 Å². The van der Waals surface area contributed by atoms with Crippen LogP contribution in [0.3, 0.4) is 0 Å². The lowest BCUT2D eigenvalue weighted by Crippen LogP contribution is -2.28. The van der Waals surface area contributed by atoms with E-state index in [-0.39, 0.29) is 11.3 Å². The highest BCUT2D eigenvalue weighted by molar-refractivity contribution is 8.18. The molecule has 1 amide bonds. The van der Waals surface area contributed by atoms with E-state index in [2.05, 4.69) is 74.2 Å². The van der Waals surface area contributed by atoms with Crippen LogP contribution < -0.4 is 9.64 Å². The minimum Gasteiger partial charge on any atom is -0.457 e. The number of hydrogen-bond acceptors (Lipinski definition) is 5. The van der Waals surface area contributed by atoms with Crippen molar-refractivity contribution in [2.75, 3.05) is 18.0 Å². The number of nitrogens with zero attached hydrogens (tertiary/aromatic N) is 3. The standard InChI is InChI=1S/C37H35N3O2S/c1-5-39-32-22-17-27(26-13-9-7-10-14-26)25-31(32)37(3,4)34(39)24-23-33-35(41)40(6-2)36(43-33)38-28-18-20-30(21-19-28)42-29-15-11-8-12-16-29/h7-25H,5-6H2,1-4H3/b33-23+,34-24+,38-36?. The number of anilines is 1. The predicted molar refractivity (Wildman–Crippen MR) is 179 cm³/mol. The maximum Gasteiger partial charge on any atom is 0.266 e. The minimum absolute atomic E-state index is 0.0186. The highest BCUT2D eigenvalue weighted by atomic mass is 32.2. The van der Waals surface area contributed by atoms with Gasteiger partial charge >= 0.3 is 0 Å². The molecule has 2 aliphatic heterocycles. The van der Waals surface area contributed by atoms with Crippen LogP contribution in [0, 0.1) is 0 Å². The van der Waals surface area contributed by atoms with Crippen molar-refractivity contribution >= 4 is 34.2 Å². The molecule has 0 bridgehead atoms. The van der Waals surface area contributed by atoms with Gasteiger partial charge in [-0.25, -0.2) is 4.99 Å². The molecule has 0 aliphatic carbocycles. The number of hydrogen-bond donors (Lipinski definition) is 0. The summed E-state index contributed by atoms with van der Waals surface area (Å²) in [5.41, 5.74) is 6.67. The van der Waals surface area contributed by atoms with Crippen LogP contribution in [0.5, 0.6) is 11.5 Å². The first-order valence-electron chi connectivity index (χ1n) is 14.7. The number of carbonyl (C=O) groups excluding carboxylic acids is 1. The van der Waals surface area contributed by atoms with Gasteiger partial charge in [-0.3, -0.25) is 9.69 Å². The molecule has 2 heterocycles. The quantitative estimate of drug-likeness (QED) is 0.203. The highest BCUT2D eigenvalue weighted by Gasteiger charge is 2.40. The lowest BCUT2D eigenvalue weighted by molar-refractivity contribution is -0.122. The van der Waals surface area contributed by atoms with E-state index in [4.69, 9.17) is 9.73 Å². The summed E-state index contributed by atoms with van der Waals surface area (Å²) in [7, 11) is 0. The zero-order valence-electron chi connectivity index (χ0n) is 25.0. The number of thioether (sulfide) groups is 1. The van der Waals surface area contributed by atoms with E-state index in [0.29, 0.717) is 16.6 Å². The van der Waals surface area contributed by atoms with Crippen LogP contribution in [-0.2, 0) is 10.2 Å². The molecule has 0 N–H and O–H groups in total. The van der Waals surface area contributed by atoms with Crippen LogP contribution in [0.4, 0.5) is 11.4 Å². The molecule has 2 aliphatic rings. The van der Waals surface area contributed by atoms with Crippen LogP contribution in [0.1, 0.15) is 33.3 Å². The SMILES string of the molecule is CCN1C(=O)/C(=C\C=C2\N(CC)c3ccc(-c4ccccc4)cc3C2(C)C)SC1=Nc1ccc(Oc2ccccc2)cc1. The van der Waals surface area contributed by atoms with Crippen LogP contribution in [0.15, 0.2) is 131 Å². The molecule has 6 rings (SSSR count). The monoisotopic (exact) mass is 585 g/mol. The number of amidine groups is 1. The van der Waals surface area contributed by atoms with Crippen molar-refractivity contribution in [2.45, 2.75) is 33.1 Å². The van der Waals surface area contributed by atoms with E-state index in [1.807, 2.05) is 73.7 Å². The Kier molecular flexibility index (Phi) is 7.96. The van der Waals surface area contributed by atoms with Crippen molar-refractivity contribution in [3.8, 4) is 22.6 Å². The van der Waals surface area contributed by atoms with Gasteiger partial charge in [0.1, 0.15) is 11.5 Å². The lowest BCUT2D eigenvalue weighted by atomic mass is 9.82.